The van der Waals surface area contributed by atoms with E-state index in [9.17, 15) is 0 Å². The molecule has 1 aromatic carbocycles. The molecule has 2 saturated heterocycles. The molecular formula is C17H19N2V-. The van der Waals surface area contributed by atoms with Crippen molar-refractivity contribution < 1.29 is 17.0 Å². The molecule has 0 aliphatic carbocycles. The number of hydrogen-bond donors (Lipinski definition) is 0. The molecule has 3 rings (SSSR count). The summed E-state index contributed by atoms with van der Waals surface area (Å²) < 4.78 is 1.98. The van der Waals surface area contributed by atoms with Gasteiger partial charge in [0, 0.05) is 0 Å². The third kappa shape index (κ3) is 3.14. The zero-order chi connectivity index (χ0) is 13.8. The number of piperazine rings is 1. The van der Waals surface area contributed by atoms with Gasteiger partial charge in [-0.25, -0.2) is 0 Å². The van der Waals surface area contributed by atoms with Crippen molar-refractivity contribution >= 4 is 4.73 Å². The Kier molecular flexibility index (Phi) is 4.56. The van der Waals surface area contributed by atoms with Gasteiger partial charge >= 0.3 is 112 Å². The first-order valence-electron chi connectivity index (χ1n) is 7.13. The van der Waals surface area contributed by atoms with Gasteiger partial charge in [-0.3, -0.25) is 0 Å². The Morgan fingerprint density at radius 1 is 1.15 bits per heavy atom. The van der Waals surface area contributed by atoms with E-state index in [1.165, 1.54) is 18.5 Å². The van der Waals surface area contributed by atoms with Crippen molar-refractivity contribution in [1.82, 2.24) is 9.80 Å². The number of rotatable bonds is 5. The third-order valence-electron chi connectivity index (χ3n) is 4.12. The van der Waals surface area contributed by atoms with Crippen LogP contribution in [0.4, 0.5) is 0 Å². The minimum atomic E-state index is 0.648. The van der Waals surface area contributed by atoms with Gasteiger partial charge in [-0.1, -0.05) is 18.2 Å². The normalized spacial score (nSPS) is 26.1. The van der Waals surface area contributed by atoms with Crippen molar-refractivity contribution in [2.45, 2.75) is 25.0 Å². The molecule has 2 aliphatic heterocycles. The summed E-state index contributed by atoms with van der Waals surface area (Å²) >= 11 is 2.44. The molecule has 0 spiro atoms. The molecule has 20 heavy (non-hydrogen) atoms. The van der Waals surface area contributed by atoms with E-state index in [0.717, 1.165) is 13.1 Å². The van der Waals surface area contributed by atoms with Gasteiger partial charge < -0.3 is 0 Å². The quantitative estimate of drug-likeness (QED) is 0.607. The maximum atomic E-state index is 3.40. The molecule has 2 heterocycles. The van der Waals surface area contributed by atoms with E-state index in [0.29, 0.717) is 12.1 Å². The van der Waals surface area contributed by atoms with E-state index in [4.69, 9.17) is 0 Å². The second-order valence-corrected chi connectivity index (χ2v) is 5.91. The van der Waals surface area contributed by atoms with Gasteiger partial charge in [0.15, 0.2) is 0 Å². The first-order valence-corrected chi connectivity index (χ1v) is 7.94. The fraction of sp³-hybridized carbons (Fsp3) is 0.353. The molecule has 2 atom stereocenters. The van der Waals surface area contributed by atoms with Crippen LogP contribution in [0, 0.1) is 6.20 Å². The molecule has 0 saturated carbocycles. The van der Waals surface area contributed by atoms with Gasteiger partial charge in [-0.05, 0) is 0 Å². The average Bonchev–Trinajstić information content (AvgIpc) is 3.04. The number of nitrogens with zero attached hydrogens (tertiary/aromatic N) is 2. The third-order valence-corrected chi connectivity index (χ3v) is 4.39. The predicted molar refractivity (Wildman–Crippen MR) is 78.8 cm³/mol. The molecule has 3 heteroatoms. The number of likely N-dealkylation sites (tertiary alicyclic amines) is 2. The molecular weight excluding hydrogens is 283 g/mol. The number of hydrogen-bond acceptors (Lipinski definition) is 2. The van der Waals surface area contributed by atoms with Gasteiger partial charge in [0.25, 0.3) is 0 Å². The Balaban J connectivity index is 1.55. The Hall–Kier alpha value is -1.09. The minimum Gasteiger partial charge on any atom is -0.0622 e. The van der Waals surface area contributed by atoms with Crippen LogP contribution in [-0.2, 0) is 23.5 Å². The molecule has 2 fully saturated rings. The second-order valence-electron chi connectivity index (χ2n) is 5.44. The first kappa shape index (κ1) is 13.9. The molecule has 2 bridgehead atoms. The van der Waals surface area contributed by atoms with Gasteiger partial charge in [0.1, 0.15) is 0 Å². The van der Waals surface area contributed by atoms with Crippen molar-refractivity contribution in [3.8, 4) is 0 Å². The zero-order valence-electron chi connectivity index (χ0n) is 11.5. The standard InChI is InChI=1S/C17H19N2.V/c1-2-3-7-10-18-13-17-11-16(18)14-19(17)12-15-8-5-4-6-9-15;/h1-9,16-17H,11-14H2;/q-1;/b3-2-;. The fourth-order valence-corrected chi connectivity index (χ4v) is 3.32. The minimum absolute atomic E-state index is 0.648. The second kappa shape index (κ2) is 6.58. The van der Waals surface area contributed by atoms with E-state index >= 15 is 0 Å². The number of allylic oxidation sites excluding steroid dienone is 3. The summed E-state index contributed by atoms with van der Waals surface area (Å²) in [7, 11) is 0. The van der Waals surface area contributed by atoms with Crippen LogP contribution in [0.1, 0.15) is 12.0 Å². The molecule has 0 radical (unpaired) electrons. The van der Waals surface area contributed by atoms with Crippen LogP contribution in [0.2, 0.25) is 0 Å². The van der Waals surface area contributed by atoms with Crippen molar-refractivity contribution in [1.29, 1.82) is 0 Å². The van der Waals surface area contributed by atoms with Crippen LogP contribution in [0.5, 0.6) is 0 Å². The average molecular weight is 302 g/mol. The Morgan fingerprint density at radius 2 is 2.00 bits per heavy atom. The summed E-state index contributed by atoms with van der Waals surface area (Å²) in [4.78, 5) is 4.99. The summed E-state index contributed by atoms with van der Waals surface area (Å²) in [6.45, 7) is 3.37. The fourth-order valence-electron chi connectivity index (χ4n) is 3.16. The van der Waals surface area contributed by atoms with Crippen LogP contribution in [-0.4, -0.2) is 39.7 Å². The van der Waals surface area contributed by atoms with Crippen molar-refractivity contribution in [3.05, 3.63) is 60.3 Å². The molecule has 1 aromatic rings. The van der Waals surface area contributed by atoms with Crippen LogP contribution < -0.4 is 0 Å². The van der Waals surface area contributed by atoms with Crippen LogP contribution >= 0.6 is 0 Å². The molecule has 103 valence electrons. The van der Waals surface area contributed by atoms with Crippen molar-refractivity contribution in [2.75, 3.05) is 13.1 Å². The topological polar surface area (TPSA) is 6.48 Å². The predicted octanol–water partition coefficient (Wildman–Crippen LogP) is 2.17. The molecule has 2 aliphatic rings. The summed E-state index contributed by atoms with van der Waals surface area (Å²) in [5.74, 6) is 0. The van der Waals surface area contributed by atoms with E-state index in [1.54, 1.807) is 0 Å². The maximum absolute atomic E-state index is 3.40. The number of fused-ring (bicyclic) bond motifs is 2. The molecule has 0 amide bonds. The monoisotopic (exact) mass is 302 g/mol. The molecule has 0 N–H and O–H groups in total. The van der Waals surface area contributed by atoms with Crippen LogP contribution in [0.3, 0.4) is 0 Å². The Labute approximate surface area is 130 Å². The smallest absolute Gasteiger partial charge is 0.0622 e. The van der Waals surface area contributed by atoms with E-state index in [2.05, 4.69) is 63.3 Å². The summed E-state index contributed by atoms with van der Waals surface area (Å²) in [6, 6.07) is 12.1. The Bertz CT molecular complexity index is 509. The van der Waals surface area contributed by atoms with E-state index in [-0.39, 0.29) is 0 Å². The van der Waals surface area contributed by atoms with Crippen LogP contribution in [0.25, 0.3) is 0 Å². The van der Waals surface area contributed by atoms with Gasteiger partial charge in [-0.15, -0.1) is 0 Å². The van der Waals surface area contributed by atoms with Crippen molar-refractivity contribution in [3.63, 3.8) is 0 Å². The summed E-state index contributed by atoms with van der Waals surface area (Å²) in [5, 5.41) is 0. The molecule has 2 unspecified atom stereocenters. The summed E-state index contributed by atoms with van der Waals surface area (Å²) in [6.07, 6.45) is 10.8. The SMILES string of the molecule is [V]=[CH]/C=C\C=[C-]N1CC2CC1CN2Cc1ccccc1. The number of benzene rings is 1. The van der Waals surface area contributed by atoms with E-state index in [1.807, 2.05) is 23.0 Å². The molecule has 0 aromatic heterocycles. The van der Waals surface area contributed by atoms with Crippen LogP contribution in [0.15, 0.2) is 48.6 Å². The van der Waals surface area contributed by atoms with E-state index < -0.39 is 0 Å². The van der Waals surface area contributed by atoms with Crippen molar-refractivity contribution in [2.24, 2.45) is 0 Å². The first-order chi connectivity index (χ1) is 9.86. The van der Waals surface area contributed by atoms with Gasteiger partial charge in [-0.2, -0.15) is 0 Å². The zero-order valence-corrected chi connectivity index (χ0v) is 12.9. The van der Waals surface area contributed by atoms with Gasteiger partial charge in [0.05, 0.1) is 0 Å². The molecule has 2 nitrogen and oxygen atoms in total. The Morgan fingerprint density at radius 3 is 2.70 bits per heavy atom. The van der Waals surface area contributed by atoms with Gasteiger partial charge in [0.2, 0.25) is 0 Å². The summed E-state index contributed by atoms with van der Waals surface area (Å²) in [5.41, 5.74) is 1.42.